The summed E-state index contributed by atoms with van der Waals surface area (Å²) in [5, 5.41) is 14.4. The Morgan fingerprint density at radius 3 is 2.97 bits per heavy atom. The number of hydrogen-bond acceptors (Lipinski definition) is 5. The summed E-state index contributed by atoms with van der Waals surface area (Å²) in [4.78, 5) is 27.6. The maximum Gasteiger partial charge on any atom is 0.274 e. The van der Waals surface area contributed by atoms with E-state index in [9.17, 15) is 14.9 Å². The van der Waals surface area contributed by atoms with Crippen molar-refractivity contribution in [2.75, 3.05) is 6.54 Å². The van der Waals surface area contributed by atoms with Crippen molar-refractivity contribution in [2.45, 2.75) is 32.5 Å². The van der Waals surface area contributed by atoms with Crippen LogP contribution in [0, 0.1) is 18.3 Å². The van der Waals surface area contributed by atoms with Crippen molar-refractivity contribution < 1.29 is 14.3 Å². The maximum absolute atomic E-state index is 13.2. The average molecular weight is 388 g/mol. The third kappa shape index (κ3) is 3.23. The number of hydrogen-bond donors (Lipinski definition) is 0. The van der Waals surface area contributed by atoms with Crippen LogP contribution in [0.5, 0.6) is 5.75 Å². The normalized spacial score (nSPS) is 17.0. The molecule has 0 aromatic heterocycles. The van der Waals surface area contributed by atoms with Crippen molar-refractivity contribution in [3.63, 3.8) is 0 Å². The lowest BCUT2D eigenvalue weighted by Gasteiger charge is -2.32. The van der Waals surface area contributed by atoms with E-state index in [0.717, 1.165) is 12.8 Å². The molecule has 7 nitrogen and oxygen atoms in total. The van der Waals surface area contributed by atoms with Gasteiger partial charge in [0.1, 0.15) is 5.75 Å². The minimum atomic E-state index is -0.363. The van der Waals surface area contributed by atoms with Crippen LogP contribution in [-0.4, -0.2) is 41.2 Å². The molecule has 0 saturated carbocycles. The minimum absolute atomic E-state index is 0.0579. The number of aryl methyl sites for hydroxylation is 1. The zero-order valence-corrected chi connectivity index (χ0v) is 16.1. The molecule has 2 heterocycles. The Morgan fingerprint density at radius 2 is 2.21 bits per heavy atom. The van der Waals surface area contributed by atoms with Gasteiger partial charge >= 0.3 is 0 Å². The molecule has 1 unspecified atom stereocenters. The summed E-state index contributed by atoms with van der Waals surface area (Å²) in [6.07, 6.45) is 1.42. The smallest absolute Gasteiger partial charge is 0.274 e. The lowest BCUT2D eigenvalue weighted by atomic mass is 10.0. The highest BCUT2D eigenvalue weighted by molar-refractivity contribution is 6.02. The highest BCUT2D eigenvalue weighted by Gasteiger charge is 2.38. The molecule has 2 amide bonds. The van der Waals surface area contributed by atoms with Crippen molar-refractivity contribution >= 4 is 18.5 Å². The molecule has 0 spiro atoms. The first-order valence-electron chi connectivity index (χ1n) is 9.42. The van der Waals surface area contributed by atoms with Crippen LogP contribution in [0.4, 0.5) is 0 Å². The monoisotopic (exact) mass is 388 g/mol. The molecule has 1 saturated heterocycles. The van der Waals surface area contributed by atoms with Crippen LogP contribution in [-0.2, 0) is 6.54 Å². The Hall–Kier alpha value is -3.66. The fourth-order valence-electron chi connectivity index (χ4n) is 3.83. The summed E-state index contributed by atoms with van der Waals surface area (Å²) in [7, 11) is 0. The molecular weight excluding hydrogens is 368 g/mol. The quantitative estimate of drug-likeness (QED) is 0.595. The second-order valence-electron chi connectivity index (χ2n) is 7.15. The van der Waals surface area contributed by atoms with Gasteiger partial charge in [0, 0.05) is 25.2 Å². The lowest BCUT2D eigenvalue weighted by Crippen LogP contribution is -2.43. The molecule has 0 bridgehead atoms. The van der Waals surface area contributed by atoms with Gasteiger partial charge in [-0.1, -0.05) is 18.2 Å². The second kappa shape index (κ2) is 7.40. The van der Waals surface area contributed by atoms with Crippen LogP contribution >= 0.6 is 0 Å². The van der Waals surface area contributed by atoms with Crippen LogP contribution < -0.4 is 4.74 Å². The number of carbonyl (C=O) groups excluding carboxylic acids is 2. The molecule has 2 aliphatic rings. The Morgan fingerprint density at radius 1 is 1.41 bits per heavy atom. The lowest BCUT2D eigenvalue weighted by molar-refractivity contribution is 0.0292. The molecule has 1 atom stereocenters. The van der Waals surface area contributed by atoms with Gasteiger partial charge in [-0.15, -0.1) is 0 Å². The molecule has 2 aliphatic heterocycles. The Balaban J connectivity index is 1.65. The van der Waals surface area contributed by atoms with Crippen molar-refractivity contribution in [3.05, 3.63) is 64.2 Å². The third-order valence-corrected chi connectivity index (χ3v) is 5.37. The molecule has 1 fully saturated rings. The summed E-state index contributed by atoms with van der Waals surface area (Å²) in [5.41, 5.74) is 2.69. The van der Waals surface area contributed by atoms with Crippen molar-refractivity contribution in [2.24, 2.45) is 5.10 Å². The zero-order chi connectivity index (χ0) is 20.5. The number of fused-ring (bicyclic) bond motifs is 2. The van der Waals surface area contributed by atoms with E-state index in [1.165, 1.54) is 5.01 Å². The number of nitriles is 1. The van der Waals surface area contributed by atoms with E-state index in [4.69, 9.17) is 4.74 Å². The second-order valence-corrected chi connectivity index (χ2v) is 7.15. The van der Waals surface area contributed by atoms with Crippen LogP contribution in [0.3, 0.4) is 0 Å². The summed E-state index contributed by atoms with van der Waals surface area (Å²) in [5.74, 6) is 0.00368. The topological polar surface area (TPSA) is 86.0 Å². The summed E-state index contributed by atoms with van der Waals surface area (Å²) in [6, 6.07) is 12.5. The molecule has 0 radical (unpaired) electrons. The Labute approximate surface area is 168 Å². The molecular formula is C22H20N4O3. The predicted octanol–water partition coefficient (Wildman–Crippen LogP) is 3.08. The Bertz CT molecular complexity index is 1060. The molecule has 146 valence electrons. The van der Waals surface area contributed by atoms with Crippen molar-refractivity contribution in [3.8, 4) is 11.8 Å². The number of carbonyl (C=O) groups is 2. The van der Waals surface area contributed by atoms with Gasteiger partial charge in [-0.2, -0.15) is 10.4 Å². The van der Waals surface area contributed by atoms with E-state index in [-0.39, 0.29) is 24.6 Å². The molecule has 7 heteroatoms. The SMILES string of the molecule is C=NN(Cc1ccccc1C#N)C(=O)c1cc2c(cc1C)C(=O)N1CCCC1O2. The highest BCUT2D eigenvalue weighted by atomic mass is 16.5. The first-order valence-corrected chi connectivity index (χ1v) is 9.42. The first kappa shape index (κ1) is 18.7. The van der Waals surface area contributed by atoms with Gasteiger partial charge < -0.3 is 9.64 Å². The van der Waals surface area contributed by atoms with Gasteiger partial charge in [-0.25, -0.2) is 5.01 Å². The van der Waals surface area contributed by atoms with Gasteiger partial charge in [0.05, 0.1) is 23.7 Å². The van der Waals surface area contributed by atoms with Gasteiger partial charge in [0.15, 0.2) is 6.23 Å². The summed E-state index contributed by atoms with van der Waals surface area (Å²) >= 11 is 0. The van der Waals surface area contributed by atoms with Gasteiger partial charge in [-0.3, -0.25) is 9.59 Å². The van der Waals surface area contributed by atoms with E-state index >= 15 is 0 Å². The third-order valence-electron chi connectivity index (χ3n) is 5.37. The number of ether oxygens (including phenoxy) is 1. The molecule has 0 aliphatic carbocycles. The van der Waals surface area contributed by atoms with Crippen LogP contribution in [0.15, 0.2) is 41.5 Å². The van der Waals surface area contributed by atoms with E-state index in [0.29, 0.717) is 40.1 Å². The Kier molecular flexibility index (Phi) is 4.77. The van der Waals surface area contributed by atoms with E-state index in [1.54, 1.807) is 48.2 Å². The first-order chi connectivity index (χ1) is 14.0. The number of benzene rings is 2. The number of rotatable bonds is 4. The van der Waals surface area contributed by atoms with Gasteiger partial charge in [0.2, 0.25) is 0 Å². The average Bonchev–Trinajstić information content (AvgIpc) is 3.21. The van der Waals surface area contributed by atoms with Crippen molar-refractivity contribution in [1.29, 1.82) is 5.26 Å². The van der Waals surface area contributed by atoms with Crippen LogP contribution in [0.2, 0.25) is 0 Å². The fraction of sp³-hybridized carbons (Fsp3) is 0.273. The van der Waals surface area contributed by atoms with Crippen molar-refractivity contribution in [1.82, 2.24) is 9.91 Å². The number of amides is 2. The number of nitrogens with zero attached hydrogens (tertiary/aromatic N) is 4. The fourth-order valence-corrected chi connectivity index (χ4v) is 3.83. The molecule has 0 N–H and O–H groups in total. The van der Waals surface area contributed by atoms with E-state index in [1.807, 2.05) is 0 Å². The van der Waals surface area contributed by atoms with Crippen LogP contribution in [0.25, 0.3) is 0 Å². The largest absolute Gasteiger partial charge is 0.470 e. The maximum atomic E-state index is 13.2. The molecule has 2 aromatic carbocycles. The minimum Gasteiger partial charge on any atom is -0.470 e. The van der Waals surface area contributed by atoms with E-state index < -0.39 is 0 Å². The van der Waals surface area contributed by atoms with Crippen LogP contribution in [0.1, 0.15) is 50.2 Å². The molecule has 29 heavy (non-hydrogen) atoms. The summed E-state index contributed by atoms with van der Waals surface area (Å²) < 4.78 is 5.99. The molecule has 2 aromatic rings. The summed E-state index contributed by atoms with van der Waals surface area (Å²) in [6.45, 7) is 6.10. The van der Waals surface area contributed by atoms with Gasteiger partial charge in [-0.05, 0) is 42.7 Å². The standard InChI is InChI=1S/C22H20N4O3/c1-14-10-18-19(29-20-8-5-9-25(20)21(18)27)11-17(14)22(28)26(24-2)13-16-7-4-3-6-15(16)12-23/h3-4,6-7,10-11,20H,2,5,8-9,13H2,1H3. The highest BCUT2D eigenvalue weighted by Crippen LogP contribution is 2.35. The van der Waals surface area contributed by atoms with Gasteiger partial charge in [0.25, 0.3) is 11.8 Å². The molecule has 4 rings (SSSR count). The van der Waals surface area contributed by atoms with E-state index in [2.05, 4.69) is 17.9 Å². The number of hydrazone groups is 1. The predicted molar refractivity (Wildman–Crippen MR) is 106 cm³/mol. The zero-order valence-electron chi connectivity index (χ0n) is 16.1.